The first-order chi connectivity index (χ1) is 19.9. The van der Waals surface area contributed by atoms with Crippen molar-refractivity contribution in [3.63, 3.8) is 0 Å². The highest BCUT2D eigenvalue weighted by molar-refractivity contribution is 5.95. The first-order valence-corrected chi connectivity index (χ1v) is 14.9. The third-order valence-electron chi connectivity index (χ3n) is 8.26. The number of amides is 2. The van der Waals surface area contributed by atoms with Crippen LogP contribution in [0.5, 0.6) is 5.75 Å². The van der Waals surface area contributed by atoms with Gasteiger partial charge in [0.25, 0.3) is 5.91 Å². The number of hydrogen-bond acceptors (Lipinski definition) is 9. The summed E-state index contributed by atoms with van der Waals surface area (Å²) < 4.78 is 5.64. The number of fused-ring (bicyclic) bond motifs is 1. The molecule has 3 aliphatic rings. The Morgan fingerprint density at radius 1 is 1.10 bits per heavy atom. The monoisotopic (exact) mass is 580 g/mol. The molecule has 0 spiro atoms. The number of aromatic hydroxyl groups is 1. The van der Waals surface area contributed by atoms with Gasteiger partial charge in [0.05, 0.1) is 12.1 Å². The van der Waals surface area contributed by atoms with Gasteiger partial charge in [-0.3, -0.25) is 9.69 Å². The summed E-state index contributed by atoms with van der Waals surface area (Å²) >= 11 is 0. The van der Waals surface area contributed by atoms with Gasteiger partial charge in [-0.05, 0) is 88.9 Å². The Morgan fingerprint density at radius 2 is 1.83 bits per heavy atom. The smallest absolute Gasteiger partial charge is 0.410 e. The second kappa shape index (κ2) is 12.3. The fraction of sp³-hybridized carbons (Fsp3) is 0.581. The molecule has 1 aliphatic carbocycles. The molecule has 1 aromatic carbocycles. The van der Waals surface area contributed by atoms with E-state index in [0.717, 1.165) is 56.0 Å². The molecule has 0 bridgehead atoms. The third kappa shape index (κ3) is 7.25. The van der Waals surface area contributed by atoms with Gasteiger partial charge in [-0.25, -0.2) is 9.78 Å². The van der Waals surface area contributed by atoms with Crippen LogP contribution in [0.1, 0.15) is 61.5 Å². The van der Waals surface area contributed by atoms with E-state index in [9.17, 15) is 19.8 Å². The Bertz CT molecular complexity index is 1290. The third-order valence-corrected chi connectivity index (χ3v) is 8.26. The number of rotatable bonds is 7. The molecule has 2 aromatic rings. The van der Waals surface area contributed by atoms with Crippen LogP contribution in [-0.4, -0.2) is 101 Å². The van der Waals surface area contributed by atoms with E-state index >= 15 is 0 Å². The number of ether oxygens (including phenoxy) is 1. The van der Waals surface area contributed by atoms with Crippen molar-refractivity contribution in [3.8, 4) is 5.75 Å². The van der Waals surface area contributed by atoms with Crippen molar-refractivity contribution < 1.29 is 24.5 Å². The lowest BCUT2D eigenvalue weighted by atomic mass is 9.91. The zero-order valence-corrected chi connectivity index (χ0v) is 25.1. The lowest BCUT2D eigenvalue weighted by Crippen LogP contribution is -2.54. The van der Waals surface area contributed by atoms with Crippen molar-refractivity contribution in [2.45, 2.75) is 76.8 Å². The van der Waals surface area contributed by atoms with Gasteiger partial charge in [0.15, 0.2) is 0 Å². The summed E-state index contributed by atoms with van der Waals surface area (Å²) in [5.74, 6) is 1.25. The maximum Gasteiger partial charge on any atom is 0.410 e. The first kappa shape index (κ1) is 29.9. The molecule has 3 heterocycles. The zero-order chi connectivity index (χ0) is 30.0. The number of phenolic OH excluding ortho intramolecular Hbond substituents is 1. The molecule has 2 atom stereocenters. The van der Waals surface area contributed by atoms with Gasteiger partial charge in [0.2, 0.25) is 0 Å². The lowest BCUT2D eigenvalue weighted by Gasteiger charge is -2.40. The summed E-state index contributed by atoms with van der Waals surface area (Å²) in [6, 6.07) is 8.38. The van der Waals surface area contributed by atoms with Crippen molar-refractivity contribution >= 4 is 23.6 Å². The van der Waals surface area contributed by atoms with Gasteiger partial charge in [0, 0.05) is 50.9 Å². The molecule has 1 saturated carbocycles. The van der Waals surface area contributed by atoms with E-state index in [1.165, 1.54) is 11.3 Å². The number of benzene rings is 1. The van der Waals surface area contributed by atoms with Crippen LogP contribution >= 0.6 is 0 Å². The molecular formula is C31H44N6O5. The molecule has 2 aliphatic heterocycles. The number of piperazine rings is 1. The largest absolute Gasteiger partial charge is 0.508 e. The van der Waals surface area contributed by atoms with Gasteiger partial charge in [-0.15, -0.1) is 0 Å². The highest BCUT2D eigenvalue weighted by Gasteiger charge is 2.37. The summed E-state index contributed by atoms with van der Waals surface area (Å²) in [5, 5.41) is 27.7. The molecule has 0 unspecified atom stereocenters. The highest BCUT2D eigenvalue weighted by atomic mass is 16.6. The van der Waals surface area contributed by atoms with Crippen molar-refractivity contribution in [2.24, 2.45) is 0 Å². The fourth-order valence-corrected chi connectivity index (χ4v) is 5.57. The van der Waals surface area contributed by atoms with Crippen LogP contribution in [-0.2, 0) is 17.7 Å². The van der Waals surface area contributed by atoms with Crippen LogP contribution in [0.2, 0.25) is 0 Å². The van der Waals surface area contributed by atoms with Crippen molar-refractivity contribution in [3.05, 3.63) is 47.0 Å². The minimum Gasteiger partial charge on any atom is -0.508 e. The molecule has 2 fully saturated rings. The van der Waals surface area contributed by atoms with E-state index in [1.54, 1.807) is 39.0 Å². The van der Waals surface area contributed by atoms with Crippen molar-refractivity contribution in [1.29, 1.82) is 0 Å². The Labute approximate surface area is 247 Å². The number of aromatic nitrogens is 1. The molecule has 5 rings (SSSR count). The number of nitrogens with one attached hydrogen (secondary N) is 2. The lowest BCUT2D eigenvalue weighted by molar-refractivity contribution is -0.0113. The van der Waals surface area contributed by atoms with Crippen LogP contribution in [0, 0.1) is 0 Å². The average molecular weight is 581 g/mol. The summed E-state index contributed by atoms with van der Waals surface area (Å²) in [5.41, 5.74) is 1.49. The molecule has 11 nitrogen and oxygen atoms in total. The summed E-state index contributed by atoms with van der Waals surface area (Å²) in [6.07, 6.45) is 2.14. The van der Waals surface area contributed by atoms with Crippen LogP contribution in [0.15, 0.2) is 30.3 Å². The molecular weight excluding hydrogens is 536 g/mol. The number of pyridine rings is 1. The van der Waals surface area contributed by atoms with Gasteiger partial charge in [-0.1, -0.05) is 6.07 Å². The number of hydrogen-bond donors (Lipinski definition) is 4. The van der Waals surface area contributed by atoms with Gasteiger partial charge < -0.3 is 35.4 Å². The maximum absolute atomic E-state index is 13.4. The van der Waals surface area contributed by atoms with Crippen LogP contribution in [0.25, 0.3) is 0 Å². The van der Waals surface area contributed by atoms with Crippen LogP contribution in [0.3, 0.4) is 0 Å². The molecule has 11 heteroatoms. The fourth-order valence-electron chi connectivity index (χ4n) is 5.57. The van der Waals surface area contributed by atoms with Crippen LogP contribution in [0.4, 0.5) is 16.4 Å². The molecule has 4 N–H and O–H groups in total. The molecule has 1 saturated heterocycles. The molecule has 1 aromatic heterocycles. The zero-order valence-electron chi connectivity index (χ0n) is 25.1. The standard InChI is InChI=1S/C31H44N6O5/c1-31(2,3)42-30(41)37-19-22-14-24(38)9-8-20(22)15-25(37)26(39)18-32-29(40)21-16-27(33-23-6-5-7-23)34-28(17-21)36-12-10-35(4)11-13-36/h8-9,14,16-17,23,25-26,38-39H,5-7,10-13,15,18-19H2,1-4H3,(H,32,40)(H,33,34)/t25-,26+/m0/s1. The van der Waals surface area contributed by atoms with E-state index < -0.39 is 23.8 Å². The summed E-state index contributed by atoms with van der Waals surface area (Å²) in [7, 11) is 2.10. The number of likely N-dealkylation sites (N-methyl/N-ethyl adjacent to an activating group) is 1. The minimum atomic E-state index is -1.05. The quantitative estimate of drug-likeness (QED) is 0.391. The molecule has 228 valence electrons. The van der Waals surface area contributed by atoms with Gasteiger partial charge in [-0.2, -0.15) is 0 Å². The molecule has 0 radical (unpaired) electrons. The van der Waals surface area contributed by atoms with E-state index in [1.807, 2.05) is 12.1 Å². The SMILES string of the molecule is CN1CCN(c2cc(C(=O)NC[C@@H](O)[C@@H]3Cc4ccc(O)cc4CN3C(=O)OC(C)(C)C)cc(NC3CCC3)n2)CC1. The Balaban J connectivity index is 1.31. The van der Waals surface area contributed by atoms with E-state index in [4.69, 9.17) is 9.72 Å². The number of aliphatic hydroxyl groups is 1. The van der Waals surface area contributed by atoms with Gasteiger partial charge in [0.1, 0.15) is 23.0 Å². The normalized spacial score (nSPS) is 20.4. The number of phenols is 1. The molecule has 42 heavy (non-hydrogen) atoms. The van der Waals surface area contributed by atoms with Crippen LogP contribution < -0.4 is 15.5 Å². The Kier molecular flexibility index (Phi) is 8.79. The van der Waals surface area contributed by atoms with E-state index in [0.29, 0.717) is 23.8 Å². The topological polar surface area (TPSA) is 130 Å². The second-order valence-electron chi connectivity index (χ2n) is 12.8. The first-order valence-electron chi connectivity index (χ1n) is 14.9. The Morgan fingerprint density at radius 3 is 2.50 bits per heavy atom. The predicted molar refractivity (Wildman–Crippen MR) is 161 cm³/mol. The maximum atomic E-state index is 13.4. The van der Waals surface area contributed by atoms with Crippen molar-refractivity contribution in [2.75, 3.05) is 50.0 Å². The molecule has 2 amide bonds. The number of aliphatic hydroxyl groups excluding tert-OH is 1. The van der Waals surface area contributed by atoms with Crippen molar-refractivity contribution in [1.82, 2.24) is 20.1 Å². The number of carbonyl (C=O) groups excluding carboxylic acids is 2. The predicted octanol–water partition coefficient (Wildman–Crippen LogP) is 2.96. The summed E-state index contributed by atoms with van der Waals surface area (Å²) in [6.45, 7) is 9.02. The Hall–Kier alpha value is -3.57. The number of anilines is 2. The average Bonchev–Trinajstić information content (AvgIpc) is 2.92. The summed E-state index contributed by atoms with van der Waals surface area (Å²) in [4.78, 5) is 37.4. The number of nitrogens with zero attached hydrogens (tertiary/aromatic N) is 4. The number of carbonyl (C=O) groups is 2. The second-order valence-corrected chi connectivity index (χ2v) is 12.8. The van der Waals surface area contributed by atoms with E-state index in [2.05, 4.69) is 27.5 Å². The van der Waals surface area contributed by atoms with E-state index in [-0.39, 0.29) is 24.7 Å². The highest BCUT2D eigenvalue weighted by Crippen LogP contribution is 2.30. The minimum absolute atomic E-state index is 0.0479. The van der Waals surface area contributed by atoms with Gasteiger partial charge >= 0.3 is 6.09 Å².